The minimum atomic E-state index is -0.0632. The lowest BCUT2D eigenvalue weighted by Crippen LogP contribution is -2.27. The van der Waals surface area contributed by atoms with Crippen LogP contribution in [-0.2, 0) is 11.8 Å². The Labute approximate surface area is 158 Å². The van der Waals surface area contributed by atoms with E-state index >= 15 is 0 Å². The first-order chi connectivity index (χ1) is 12.0. The highest BCUT2D eigenvalue weighted by Gasteiger charge is 2.33. The lowest BCUT2D eigenvalue weighted by molar-refractivity contribution is -0.113. The fraction of sp³-hybridized carbons (Fsp3) is 0.263. The number of thioether (sulfide) groups is 1. The van der Waals surface area contributed by atoms with Crippen LogP contribution in [0.4, 0.5) is 11.4 Å². The van der Waals surface area contributed by atoms with Gasteiger partial charge in [-0.05, 0) is 56.3 Å². The van der Waals surface area contributed by atoms with Gasteiger partial charge in [-0.25, -0.2) is 0 Å². The number of carbonyl (C=O) groups excluding carboxylic acids is 1. The molecule has 0 aliphatic carbocycles. The Hall–Kier alpha value is -2.05. The third-order valence-corrected chi connectivity index (χ3v) is 5.60. The fourth-order valence-corrected chi connectivity index (χ4v) is 4.13. The third kappa shape index (κ3) is 3.50. The van der Waals surface area contributed by atoms with Crippen LogP contribution in [0.2, 0.25) is 0 Å². The first kappa shape index (κ1) is 17.8. The molecule has 1 aliphatic heterocycles. The molecule has 2 heterocycles. The van der Waals surface area contributed by atoms with Gasteiger partial charge in [-0.1, -0.05) is 24.0 Å². The summed E-state index contributed by atoms with van der Waals surface area (Å²) in [5.41, 5.74) is 2.95. The highest BCUT2D eigenvalue weighted by Crippen LogP contribution is 2.36. The second-order valence-corrected chi connectivity index (χ2v) is 7.43. The van der Waals surface area contributed by atoms with E-state index in [0.717, 1.165) is 30.2 Å². The molecule has 0 unspecified atom stereocenters. The highest BCUT2D eigenvalue weighted by atomic mass is 32.2. The Morgan fingerprint density at radius 1 is 1.16 bits per heavy atom. The van der Waals surface area contributed by atoms with Gasteiger partial charge >= 0.3 is 0 Å². The Balaban J connectivity index is 1.86. The van der Waals surface area contributed by atoms with Crippen molar-refractivity contribution in [2.45, 2.75) is 13.8 Å². The average molecular weight is 372 g/mol. The van der Waals surface area contributed by atoms with Gasteiger partial charge in [-0.3, -0.25) is 9.69 Å². The van der Waals surface area contributed by atoms with Crippen molar-refractivity contribution in [3.8, 4) is 0 Å². The summed E-state index contributed by atoms with van der Waals surface area (Å²) < 4.78 is 2.55. The molecule has 0 atom stereocenters. The van der Waals surface area contributed by atoms with Gasteiger partial charge in [0, 0.05) is 37.7 Å². The second kappa shape index (κ2) is 7.45. The summed E-state index contributed by atoms with van der Waals surface area (Å²) in [7, 11) is 1.96. The molecule has 1 saturated heterocycles. The van der Waals surface area contributed by atoms with E-state index in [1.54, 1.807) is 4.90 Å². The van der Waals surface area contributed by atoms with Crippen LogP contribution in [0.25, 0.3) is 6.08 Å². The lowest BCUT2D eigenvalue weighted by atomic mass is 10.2. The molecular formula is C19H21N3OS2. The van der Waals surface area contributed by atoms with Crippen molar-refractivity contribution >= 4 is 51.7 Å². The van der Waals surface area contributed by atoms with E-state index in [9.17, 15) is 4.79 Å². The first-order valence-corrected chi connectivity index (χ1v) is 9.52. The van der Waals surface area contributed by atoms with Gasteiger partial charge in [0.2, 0.25) is 0 Å². The first-order valence-electron chi connectivity index (χ1n) is 8.29. The van der Waals surface area contributed by atoms with Gasteiger partial charge in [-0.15, -0.1) is 0 Å². The fourth-order valence-electron chi connectivity index (χ4n) is 2.85. The normalized spacial score (nSPS) is 16.1. The smallest absolute Gasteiger partial charge is 0.270 e. The van der Waals surface area contributed by atoms with Crippen LogP contribution in [0.5, 0.6) is 0 Å². The lowest BCUT2D eigenvalue weighted by Gasteiger charge is -2.22. The molecule has 0 saturated carbocycles. The summed E-state index contributed by atoms with van der Waals surface area (Å²) in [5.74, 6) is -0.0632. The minimum Gasteiger partial charge on any atom is -0.372 e. The van der Waals surface area contributed by atoms with E-state index in [-0.39, 0.29) is 5.91 Å². The summed E-state index contributed by atoms with van der Waals surface area (Å²) in [6, 6.07) is 11.9. The summed E-state index contributed by atoms with van der Waals surface area (Å²) in [6.45, 7) is 6.17. The summed E-state index contributed by atoms with van der Waals surface area (Å²) in [5, 5.41) is 0. The van der Waals surface area contributed by atoms with E-state index in [0.29, 0.717) is 9.23 Å². The second-order valence-electron chi connectivity index (χ2n) is 5.75. The quantitative estimate of drug-likeness (QED) is 0.579. The maximum Gasteiger partial charge on any atom is 0.270 e. The number of thiocarbonyl (C=S) groups is 1. The molecule has 6 heteroatoms. The van der Waals surface area contributed by atoms with Crippen LogP contribution in [0.15, 0.2) is 47.5 Å². The number of carbonyl (C=O) groups is 1. The van der Waals surface area contributed by atoms with E-state index in [1.807, 2.05) is 60.3 Å². The Morgan fingerprint density at radius 2 is 1.84 bits per heavy atom. The van der Waals surface area contributed by atoms with Crippen molar-refractivity contribution in [1.29, 1.82) is 0 Å². The summed E-state index contributed by atoms with van der Waals surface area (Å²) in [4.78, 5) is 17.3. The molecule has 0 radical (unpaired) electrons. The zero-order valence-corrected chi connectivity index (χ0v) is 16.2. The zero-order valence-electron chi connectivity index (χ0n) is 14.6. The molecule has 0 spiro atoms. The number of rotatable bonds is 5. The van der Waals surface area contributed by atoms with Crippen molar-refractivity contribution in [2.24, 2.45) is 7.05 Å². The molecule has 1 fully saturated rings. The number of aromatic nitrogens is 1. The van der Waals surface area contributed by atoms with Crippen molar-refractivity contribution < 1.29 is 4.79 Å². The molecule has 1 aromatic heterocycles. The molecule has 25 heavy (non-hydrogen) atoms. The van der Waals surface area contributed by atoms with E-state index in [1.165, 1.54) is 11.8 Å². The average Bonchev–Trinajstić information content (AvgIpc) is 3.13. The van der Waals surface area contributed by atoms with Crippen LogP contribution in [0, 0.1) is 0 Å². The number of hydrogen-bond donors (Lipinski definition) is 0. The molecule has 4 nitrogen and oxygen atoms in total. The number of anilines is 2. The van der Waals surface area contributed by atoms with Crippen LogP contribution >= 0.6 is 24.0 Å². The topological polar surface area (TPSA) is 28.5 Å². The molecule has 1 amide bonds. The molecule has 2 aromatic rings. The van der Waals surface area contributed by atoms with Crippen molar-refractivity contribution in [1.82, 2.24) is 4.57 Å². The van der Waals surface area contributed by atoms with Crippen molar-refractivity contribution in [3.63, 3.8) is 0 Å². The highest BCUT2D eigenvalue weighted by molar-refractivity contribution is 8.27. The van der Waals surface area contributed by atoms with E-state index in [2.05, 4.69) is 18.7 Å². The minimum absolute atomic E-state index is 0.0632. The molecule has 0 bridgehead atoms. The van der Waals surface area contributed by atoms with E-state index < -0.39 is 0 Å². The summed E-state index contributed by atoms with van der Waals surface area (Å²) >= 11 is 6.79. The third-order valence-electron chi connectivity index (χ3n) is 4.29. The standard InChI is InChI=1S/C19H21N3OS2/c1-4-21(5-2)14-8-10-15(11-9-14)22-18(23)17(25-19(22)24)13-16-7-6-12-20(16)3/h6-13H,4-5H2,1-3H3/b17-13+. The van der Waals surface area contributed by atoms with Crippen LogP contribution in [0.3, 0.4) is 0 Å². The van der Waals surface area contributed by atoms with Gasteiger partial charge in [0.05, 0.1) is 10.6 Å². The Kier molecular flexibility index (Phi) is 5.30. The Bertz CT molecular complexity index is 819. The van der Waals surface area contributed by atoms with E-state index in [4.69, 9.17) is 12.2 Å². The molecule has 0 N–H and O–H groups in total. The molecule has 1 aromatic carbocycles. The number of hydrogen-bond acceptors (Lipinski definition) is 4. The SMILES string of the molecule is CCN(CC)c1ccc(N2C(=O)/C(=C\c3cccn3C)SC2=S)cc1. The number of aryl methyl sites for hydroxylation is 1. The van der Waals surface area contributed by atoms with Crippen LogP contribution in [0.1, 0.15) is 19.5 Å². The summed E-state index contributed by atoms with van der Waals surface area (Å²) in [6.07, 6.45) is 3.85. The predicted molar refractivity (Wildman–Crippen MR) is 111 cm³/mol. The molecule has 130 valence electrons. The molecular weight excluding hydrogens is 350 g/mol. The zero-order chi connectivity index (χ0) is 18.0. The maximum atomic E-state index is 12.8. The van der Waals surface area contributed by atoms with Crippen LogP contribution < -0.4 is 9.80 Å². The van der Waals surface area contributed by atoms with Gasteiger partial charge in [-0.2, -0.15) is 0 Å². The van der Waals surface area contributed by atoms with Crippen LogP contribution in [-0.4, -0.2) is 27.9 Å². The van der Waals surface area contributed by atoms with Gasteiger partial charge in [0.25, 0.3) is 5.91 Å². The Morgan fingerprint density at radius 3 is 2.40 bits per heavy atom. The van der Waals surface area contributed by atoms with Gasteiger partial charge in [0.1, 0.15) is 0 Å². The van der Waals surface area contributed by atoms with Gasteiger partial charge in [0.15, 0.2) is 4.32 Å². The monoisotopic (exact) mass is 371 g/mol. The number of benzene rings is 1. The van der Waals surface area contributed by atoms with Crippen molar-refractivity contribution in [2.75, 3.05) is 22.9 Å². The molecule has 3 rings (SSSR count). The largest absolute Gasteiger partial charge is 0.372 e. The van der Waals surface area contributed by atoms with Crippen molar-refractivity contribution in [3.05, 3.63) is 53.2 Å². The maximum absolute atomic E-state index is 12.8. The number of amides is 1. The predicted octanol–water partition coefficient (Wildman–Crippen LogP) is 4.28. The number of nitrogens with zero attached hydrogens (tertiary/aromatic N) is 3. The molecule has 1 aliphatic rings. The van der Waals surface area contributed by atoms with Gasteiger partial charge < -0.3 is 9.47 Å².